The molecule has 0 amide bonds. The molecule has 0 unspecified atom stereocenters. The molecule has 0 aromatic heterocycles. The van der Waals surface area contributed by atoms with Gasteiger partial charge in [0, 0.05) is 4.47 Å². The highest BCUT2D eigenvalue weighted by Crippen LogP contribution is 2.21. The van der Waals surface area contributed by atoms with Crippen LogP contribution < -0.4 is 4.74 Å². The summed E-state index contributed by atoms with van der Waals surface area (Å²) >= 11 is 3.25. The summed E-state index contributed by atoms with van der Waals surface area (Å²) in [5.74, 6) is 0.534. The fourth-order valence-corrected chi connectivity index (χ4v) is 2.98. The second kappa shape index (κ2) is 6.89. The van der Waals surface area contributed by atoms with Crippen molar-refractivity contribution in [3.8, 4) is 5.75 Å². The molecule has 4 nitrogen and oxygen atoms in total. The monoisotopic (exact) mass is 334 g/mol. The lowest BCUT2D eigenvalue weighted by Gasteiger charge is -2.08. The first-order valence-corrected chi connectivity index (χ1v) is 8.18. The number of benzene rings is 1. The van der Waals surface area contributed by atoms with Crippen molar-refractivity contribution < 1.29 is 17.9 Å². The fraction of sp³-hybridized carbons (Fsp3) is 0.417. The maximum atomic E-state index is 11.5. The summed E-state index contributed by atoms with van der Waals surface area (Å²) in [5, 5.41) is 0. The molecular weight excluding hydrogens is 320 g/mol. The summed E-state index contributed by atoms with van der Waals surface area (Å²) in [6.07, 6.45) is 1.28. The summed E-state index contributed by atoms with van der Waals surface area (Å²) in [4.78, 5) is 10.8. The number of aldehydes is 1. The van der Waals surface area contributed by atoms with Crippen LogP contribution in [0.2, 0.25) is 0 Å². The van der Waals surface area contributed by atoms with Gasteiger partial charge in [0.05, 0.1) is 17.1 Å². The van der Waals surface area contributed by atoms with Crippen molar-refractivity contribution in [2.45, 2.75) is 13.3 Å². The zero-order valence-corrected chi connectivity index (χ0v) is 12.5. The summed E-state index contributed by atoms with van der Waals surface area (Å²) in [6.45, 7) is 1.88. The van der Waals surface area contributed by atoms with Crippen LogP contribution in [0.4, 0.5) is 0 Å². The molecule has 0 saturated heterocycles. The van der Waals surface area contributed by atoms with E-state index in [0.29, 0.717) is 24.0 Å². The van der Waals surface area contributed by atoms with Gasteiger partial charge in [0.15, 0.2) is 16.1 Å². The number of carbonyl (C=O) groups is 1. The number of halogens is 1. The smallest absolute Gasteiger partial charge is 0.153 e. The Morgan fingerprint density at radius 3 is 2.67 bits per heavy atom. The van der Waals surface area contributed by atoms with E-state index in [1.54, 1.807) is 18.2 Å². The van der Waals surface area contributed by atoms with E-state index in [-0.39, 0.29) is 18.1 Å². The lowest BCUT2D eigenvalue weighted by molar-refractivity contribution is 0.112. The highest BCUT2D eigenvalue weighted by atomic mass is 79.9. The molecule has 0 saturated carbocycles. The minimum atomic E-state index is -3.05. The first-order chi connectivity index (χ1) is 8.48. The van der Waals surface area contributed by atoms with Gasteiger partial charge in [-0.05, 0) is 24.6 Å². The van der Waals surface area contributed by atoms with Crippen LogP contribution in [-0.4, -0.2) is 32.8 Å². The van der Waals surface area contributed by atoms with Crippen molar-refractivity contribution in [1.29, 1.82) is 0 Å². The zero-order chi connectivity index (χ0) is 13.6. The molecule has 0 atom stereocenters. The topological polar surface area (TPSA) is 60.4 Å². The Kier molecular flexibility index (Phi) is 5.81. The Morgan fingerprint density at radius 1 is 1.33 bits per heavy atom. The number of hydrogen-bond acceptors (Lipinski definition) is 4. The van der Waals surface area contributed by atoms with Crippen molar-refractivity contribution in [1.82, 2.24) is 0 Å². The minimum Gasteiger partial charge on any atom is -0.492 e. The van der Waals surface area contributed by atoms with E-state index >= 15 is 0 Å². The summed E-state index contributed by atoms with van der Waals surface area (Å²) in [5.41, 5.74) is 0.400. The number of rotatable bonds is 7. The van der Waals surface area contributed by atoms with E-state index in [1.165, 1.54) is 0 Å². The summed E-state index contributed by atoms with van der Waals surface area (Å²) in [7, 11) is -3.05. The molecule has 0 radical (unpaired) electrons. The predicted molar refractivity (Wildman–Crippen MR) is 74.0 cm³/mol. The van der Waals surface area contributed by atoms with Gasteiger partial charge in [-0.2, -0.15) is 0 Å². The van der Waals surface area contributed by atoms with Gasteiger partial charge in [0.2, 0.25) is 0 Å². The Hall–Kier alpha value is -0.880. The van der Waals surface area contributed by atoms with Crippen molar-refractivity contribution in [2.75, 3.05) is 18.1 Å². The van der Waals surface area contributed by atoms with Crippen molar-refractivity contribution >= 4 is 32.1 Å². The van der Waals surface area contributed by atoms with Crippen LogP contribution in [0, 0.1) is 0 Å². The van der Waals surface area contributed by atoms with Crippen molar-refractivity contribution in [3.63, 3.8) is 0 Å². The van der Waals surface area contributed by atoms with Gasteiger partial charge in [-0.15, -0.1) is 0 Å². The molecule has 0 fully saturated rings. The molecule has 1 aromatic carbocycles. The normalized spacial score (nSPS) is 11.2. The molecule has 0 spiro atoms. The average molecular weight is 335 g/mol. The van der Waals surface area contributed by atoms with Gasteiger partial charge >= 0.3 is 0 Å². The standard InChI is InChI=1S/C12H15BrO4S/c1-2-6-18(15,16)7-5-17-12-4-3-11(13)8-10(12)9-14/h3-4,8-9H,2,5-7H2,1H3. The van der Waals surface area contributed by atoms with Gasteiger partial charge in [-0.3, -0.25) is 4.79 Å². The molecule has 1 aromatic rings. The van der Waals surface area contributed by atoms with E-state index in [2.05, 4.69) is 15.9 Å². The molecule has 0 bridgehead atoms. The third kappa shape index (κ3) is 4.78. The van der Waals surface area contributed by atoms with Gasteiger partial charge in [0.25, 0.3) is 0 Å². The first-order valence-electron chi connectivity index (χ1n) is 5.56. The van der Waals surface area contributed by atoms with E-state index in [4.69, 9.17) is 4.74 Å². The number of ether oxygens (including phenoxy) is 1. The summed E-state index contributed by atoms with van der Waals surface area (Å²) in [6, 6.07) is 5.01. The van der Waals surface area contributed by atoms with Crippen molar-refractivity contribution in [3.05, 3.63) is 28.2 Å². The quantitative estimate of drug-likeness (QED) is 0.718. The van der Waals surface area contributed by atoms with E-state index in [1.807, 2.05) is 6.92 Å². The fourth-order valence-electron chi connectivity index (χ4n) is 1.43. The Labute approximate surface area is 115 Å². The second-order valence-electron chi connectivity index (χ2n) is 3.80. The molecule has 100 valence electrons. The highest BCUT2D eigenvalue weighted by Gasteiger charge is 2.10. The molecule has 0 N–H and O–H groups in total. The second-order valence-corrected chi connectivity index (χ2v) is 7.02. The molecule has 0 aliphatic rings. The van der Waals surface area contributed by atoms with Crippen LogP contribution in [0.1, 0.15) is 23.7 Å². The van der Waals surface area contributed by atoms with Crippen LogP contribution in [0.25, 0.3) is 0 Å². The third-order valence-electron chi connectivity index (χ3n) is 2.27. The maximum absolute atomic E-state index is 11.5. The van der Waals surface area contributed by atoms with E-state index in [9.17, 15) is 13.2 Å². The van der Waals surface area contributed by atoms with E-state index in [0.717, 1.165) is 4.47 Å². The molecule has 6 heteroatoms. The van der Waals surface area contributed by atoms with Crippen LogP contribution in [-0.2, 0) is 9.84 Å². The Balaban J connectivity index is 2.62. The summed E-state index contributed by atoms with van der Waals surface area (Å²) < 4.78 is 29.1. The Bertz CT molecular complexity index is 511. The maximum Gasteiger partial charge on any atom is 0.153 e. The molecular formula is C12H15BrO4S. The molecule has 1 rings (SSSR count). The molecule has 0 aliphatic heterocycles. The van der Waals surface area contributed by atoms with Crippen LogP contribution in [0.3, 0.4) is 0 Å². The first kappa shape index (κ1) is 15.2. The third-order valence-corrected chi connectivity index (χ3v) is 4.58. The van der Waals surface area contributed by atoms with Gasteiger partial charge in [-0.1, -0.05) is 22.9 Å². The molecule has 18 heavy (non-hydrogen) atoms. The van der Waals surface area contributed by atoms with Crippen LogP contribution >= 0.6 is 15.9 Å². The van der Waals surface area contributed by atoms with Crippen LogP contribution in [0.5, 0.6) is 5.75 Å². The minimum absolute atomic E-state index is 0.0325. The zero-order valence-electron chi connectivity index (χ0n) is 10.1. The number of sulfone groups is 1. The van der Waals surface area contributed by atoms with Crippen molar-refractivity contribution in [2.24, 2.45) is 0 Å². The largest absolute Gasteiger partial charge is 0.492 e. The number of hydrogen-bond donors (Lipinski definition) is 0. The van der Waals surface area contributed by atoms with Crippen LogP contribution in [0.15, 0.2) is 22.7 Å². The molecule has 0 aliphatic carbocycles. The lowest BCUT2D eigenvalue weighted by atomic mass is 10.2. The highest BCUT2D eigenvalue weighted by molar-refractivity contribution is 9.10. The van der Waals surface area contributed by atoms with E-state index < -0.39 is 9.84 Å². The average Bonchev–Trinajstić information content (AvgIpc) is 2.30. The molecule has 0 heterocycles. The van der Waals surface area contributed by atoms with Gasteiger partial charge < -0.3 is 4.74 Å². The SMILES string of the molecule is CCCS(=O)(=O)CCOc1ccc(Br)cc1C=O. The predicted octanol–water partition coefficient (Wildman–Crippen LogP) is 2.47. The van der Waals surface area contributed by atoms with Gasteiger partial charge in [-0.25, -0.2) is 8.42 Å². The van der Waals surface area contributed by atoms with Gasteiger partial charge in [0.1, 0.15) is 12.4 Å². The Morgan fingerprint density at radius 2 is 2.06 bits per heavy atom. The lowest BCUT2D eigenvalue weighted by Crippen LogP contribution is -2.17. The number of carbonyl (C=O) groups excluding carboxylic acids is 1.